The van der Waals surface area contributed by atoms with Crippen molar-refractivity contribution in [3.8, 4) is 11.3 Å². The van der Waals surface area contributed by atoms with E-state index in [4.69, 9.17) is 5.73 Å². The minimum atomic E-state index is 0.317. The summed E-state index contributed by atoms with van der Waals surface area (Å²) in [5.41, 5.74) is 8.10. The summed E-state index contributed by atoms with van der Waals surface area (Å²) in [5.74, 6) is 0. The van der Waals surface area contributed by atoms with Crippen LogP contribution in [0, 0.1) is 0 Å². The van der Waals surface area contributed by atoms with Gasteiger partial charge in [-0.3, -0.25) is 4.68 Å². The molecule has 0 aliphatic heterocycles. The maximum atomic E-state index is 5.88. The van der Waals surface area contributed by atoms with E-state index < -0.39 is 0 Å². The lowest BCUT2D eigenvalue weighted by Gasteiger charge is -2.18. The molecule has 0 radical (unpaired) electrons. The second-order valence-electron chi connectivity index (χ2n) is 4.86. The maximum Gasteiger partial charge on any atom is 0.0954 e. The third-order valence-corrected chi connectivity index (χ3v) is 3.34. The third kappa shape index (κ3) is 3.04. The number of nitrogens with zero attached hydrogens (tertiary/aromatic N) is 4. The number of rotatable bonds is 7. The minimum Gasteiger partial charge on any atom is -0.328 e. The van der Waals surface area contributed by atoms with Gasteiger partial charge in [-0.25, -0.2) is 4.98 Å². The van der Waals surface area contributed by atoms with Gasteiger partial charge in [-0.1, -0.05) is 20.3 Å². The van der Waals surface area contributed by atoms with Gasteiger partial charge in [-0.2, -0.15) is 5.10 Å². The summed E-state index contributed by atoms with van der Waals surface area (Å²) in [4.78, 5) is 4.28. The molecule has 0 fully saturated rings. The van der Waals surface area contributed by atoms with Gasteiger partial charge in [-0.05, 0) is 12.8 Å². The molecule has 2 aromatic heterocycles. The highest BCUT2D eigenvalue weighted by atomic mass is 15.3. The molecule has 104 valence electrons. The number of aryl methyl sites for hydroxylation is 1. The van der Waals surface area contributed by atoms with Gasteiger partial charge in [0.05, 0.1) is 24.4 Å². The number of nitrogens with two attached hydrogens (primary N) is 1. The van der Waals surface area contributed by atoms with Crippen molar-refractivity contribution in [3.05, 3.63) is 24.9 Å². The number of imidazole rings is 1. The van der Waals surface area contributed by atoms with Crippen LogP contribution in [0.25, 0.3) is 11.3 Å². The number of hydrogen-bond acceptors (Lipinski definition) is 3. The Kier molecular flexibility index (Phi) is 4.74. The molecule has 19 heavy (non-hydrogen) atoms. The van der Waals surface area contributed by atoms with Crippen LogP contribution >= 0.6 is 0 Å². The van der Waals surface area contributed by atoms with Crippen molar-refractivity contribution >= 4 is 0 Å². The summed E-state index contributed by atoms with van der Waals surface area (Å²) >= 11 is 0. The molecule has 0 bridgehead atoms. The zero-order valence-corrected chi connectivity index (χ0v) is 11.8. The zero-order chi connectivity index (χ0) is 13.7. The Balaban J connectivity index is 2.26. The fraction of sp³-hybridized carbons (Fsp3) is 0.571. The maximum absolute atomic E-state index is 5.88. The summed E-state index contributed by atoms with van der Waals surface area (Å²) in [7, 11) is 0. The van der Waals surface area contributed by atoms with Crippen LogP contribution in [0.15, 0.2) is 24.9 Å². The number of aromatic nitrogens is 4. The van der Waals surface area contributed by atoms with Crippen LogP contribution in [0.1, 0.15) is 39.2 Å². The largest absolute Gasteiger partial charge is 0.328 e. The normalized spacial score (nSPS) is 12.8. The van der Waals surface area contributed by atoms with Crippen molar-refractivity contribution in [1.29, 1.82) is 0 Å². The Morgan fingerprint density at radius 2 is 2.11 bits per heavy atom. The molecular weight excluding hydrogens is 238 g/mol. The lowest BCUT2D eigenvalue weighted by atomic mass is 10.1. The molecule has 0 spiro atoms. The molecule has 0 saturated heterocycles. The Bertz CT molecular complexity index is 499. The second-order valence-corrected chi connectivity index (χ2v) is 4.86. The first kappa shape index (κ1) is 13.8. The predicted octanol–water partition coefficient (Wildman–Crippen LogP) is 2.46. The number of hydrogen-bond donors (Lipinski definition) is 1. The standard InChI is InChI=1S/C14H23N5/c1-3-5-13(7-15)19-11-16-9-14(19)12-8-17-18(10-12)6-4-2/h8-11,13H,3-7,15H2,1-2H3. The molecule has 2 heterocycles. The van der Waals surface area contributed by atoms with E-state index >= 15 is 0 Å². The van der Waals surface area contributed by atoms with Crippen LogP contribution in [0.4, 0.5) is 0 Å². The highest BCUT2D eigenvalue weighted by Crippen LogP contribution is 2.24. The Hall–Kier alpha value is -1.62. The fourth-order valence-corrected chi connectivity index (χ4v) is 2.37. The summed E-state index contributed by atoms with van der Waals surface area (Å²) in [6, 6.07) is 0.317. The summed E-state index contributed by atoms with van der Waals surface area (Å²) < 4.78 is 4.15. The lowest BCUT2D eigenvalue weighted by molar-refractivity contribution is 0.473. The van der Waals surface area contributed by atoms with E-state index in [0.29, 0.717) is 12.6 Å². The molecule has 2 N–H and O–H groups in total. The van der Waals surface area contributed by atoms with E-state index in [1.165, 1.54) is 0 Å². The van der Waals surface area contributed by atoms with Crippen molar-refractivity contribution < 1.29 is 0 Å². The average molecular weight is 261 g/mol. The van der Waals surface area contributed by atoms with Crippen LogP contribution < -0.4 is 5.73 Å². The van der Waals surface area contributed by atoms with E-state index in [-0.39, 0.29) is 0 Å². The zero-order valence-electron chi connectivity index (χ0n) is 11.8. The SMILES string of the molecule is CCCC(CN)n1cncc1-c1cnn(CCC)c1. The van der Waals surface area contributed by atoms with Gasteiger partial charge in [-0.15, -0.1) is 0 Å². The van der Waals surface area contributed by atoms with E-state index in [1.54, 1.807) is 0 Å². The molecule has 0 amide bonds. The van der Waals surface area contributed by atoms with E-state index in [1.807, 2.05) is 23.4 Å². The molecule has 0 aromatic carbocycles. The predicted molar refractivity (Wildman–Crippen MR) is 76.7 cm³/mol. The van der Waals surface area contributed by atoms with Gasteiger partial charge in [0.15, 0.2) is 0 Å². The lowest BCUT2D eigenvalue weighted by Crippen LogP contribution is -2.19. The van der Waals surface area contributed by atoms with Gasteiger partial charge < -0.3 is 10.3 Å². The van der Waals surface area contributed by atoms with Crippen LogP contribution in [0.5, 0.6) is 0 Å². The van der Waals surface area contributed by atoms with Crippen molar-refractivity contribution in [2.75, 3.05) is 6.54 Å². The molecule has 1 unspecified atom stereocenters. The van der Waals surface area contributed by atoms with Crippen LogP contribution in [-0.4, -0.2) is 25.9 Å². The highest BCUT2D eigenvalue weighted by molar-refractivity contribution is 5.56. The van der Waals surface area contributed by atoms with E-state index in [2.05, 4.69) is 34.7 Å². The smallest absolute Gasteiger partial charge is 0.0954 e. The third-order valence-electron chi connectivity index (χ3n) is 3.34. The molecule has 0 aliphatic rings. The summed E-state index contributed by atoms with van der Waals surface area (Å²) in [5, 5.41) is 4.38. The quantitative estimate of drug-likeness (QED) is 0.832. The van der Waals surface area contributed by atoms with Crippen molar-refractivity contribution in [1.82, 2.24) is 19.3 Å². The molecule has 0 saturated carbocycles. The molecule has 1 atom stereocenters. The topological polar surface area (TPSA) is 61.7 Å². The van der Waals surface area contributed by atoms with Gasteiger partial charge in [0.25, 0.3) is 0 Å². The molecular formula is C14H23N5. The molecule has 5 nitrogen and oxygen atoms in total. The van der Waals surface area contributed by atoms with Crippen molar-refractivity contribution in [2.45, 2.75) is 45.7 Å². The first-order valence-electron chi connectivity index (χ1n) is 7.04. The van der Waals surface area contributed by atoms with Crippen molar-refractivity contribution in [2.24, 2.45) is 5.73 Å². The molecule has 2 rings (SSSR count). The highest BCUT2D eigenvalue weighted by Gasteiger charge is 2.14. The van der Waals surface area contributed by atoms with Gasteiger partial charge in [0.2, 0.25) is 0 Å². The summed E-state index contributed by atoms with van der Waals surface area (Å²) in [6.07, 6.45) is 11.0. The molecule has 2 aromatic rings. The minimum absolute atomic E-state index is 0.317. The van der Waals surface area contributed by atoms with Gasteiger partial charge in [0.1, 0.15) is 0 Å². The molecule has 5 heteroatoms. The Labute approximate surface area is 114 Å². The first-order valence-corrected chi connectivity index (χ1v) is 7.04. The van der Waals surface area contributed by atoms with Gasteiger partial charge >= 0.3 is 0 Å². The van der Waals surface area contributed by atoms with Gasteiger partial charge in [0, 0.05) is 30.9 Å². The first-order chi connectivity index (χ1) is 9.30. The fourth-order valence-electron chi connectivity index (χ4n) is 2.37. The Morgan fingerprint density at radius 1 is 1.26 bits per heavy atom. The molecule has 0 aliphatic carbocycles. The Morgan fingerprint density at radius 3 is 2.79 bits per heavy atom. The second kappa shape index (κ2) is 6.52. The average Bonchev–Trinajstić information content (AvgIpc) is 3.04. The van der Waals surface area contributed by atoms with Crippen LogP contribution in [-0.2, 0) is 6.54 Å². The van der Waals surface area contributed by atoms with E-state index in [9.17, 15) is 0 Å². The van der Waals surface area contributed by atoms with Crippen LogP contribution in [0.2, 0.25) is 0 Å². The van der Waals surface area contributed by atoms with Crippen molar-refractivity contribution in [3.63, 3.8) is 0 Å². The van der Waals surface area contributed by atoms with E-state index in [0.717, 1.165) is 37.1 Å². The van der Waals surface area contributed by atoms with Crippen LogP contribution in [0.3, 0.4) is 0 Å². The monoisotopic (exact) mass is 261 g/mol. The summed E-state index contributed by atoms with van der Waals surface area (Å²) in [6.45, 7) is 5.92.